The summed E-state index contributed by atoms with van der Waals surface area (Å²) < 4.78 is 17.5. The van der Waals surface area contributed by atoms with E-state index >= 15 is 0 Å². The molecular formula is C15H13NO2S2. The van der Waals surface area contributed by atoms with Crippen LogP contribution < -0.4 is 0 Å². The second kappa shape index (κ2) is 6.15. The van der Waals surface area contributed by atoms with Crippen LogP contribution in [0.5, 0.6) is 0 Å². The molecule has 0 aliphatic heterocycles. The van der Waals surface area contributed by atoms with Crippen molar-refractivity contribution in [3.05, 3.63) is 65.4 Å². The molecule has 3 nitrogen and oxygen atoms in total. The molecule has 0 bridgehead atoms. The highest BCUT2D eigenvalue weighted by molar-refractivity contribution is 7.83. The first kappa shape index (κ1) is 13.3. The Morgan fingerprint density at radius 3 is 2.70 bits per heavy atom. The number of oxazole rings is 1. The zero-order chi connectivity index (χ0) is 13.8. The minimum Gasteiger partial charge on any atom is -0.444 e. The Hall–Kier alpha value is -1.72. The molecule has 0 amide bonds. The van der Waals surface area contributed by atoms with Crippen LogP contribution in [0.3, 0.4) is 0 Å². The minimum absolute atomic E-state index is 0.420. The molecule has 1 aromatic carbocycles. The smallest absolute Gasteiger partial charge is 0.236 e. The van der Waals surface area contributed by atoms with Gasteiger partial charge >= 0.3 is 0 Å². The zero-order valence-electron chi connectivity index (χ0n) is 10.7. The Bertz CT molecular complexity index is 690. The van der Waals surface area contributed by atoms with E-state index in [4.69, 9.17) is 4.42 Å². The van der Waals surface area contributed by atoms with E-state index in [1.165, 1.54) is 0 Å². The molecule has 3 aromatic rings. The van der Waals surface area contributed by atoms with Crippen molar-refractivity contribution in [3.63, 3.8) is 0 Å². The van der Waals surface area contributed by atoms with Crippen LogP contribution >= 0.6 is 11.3 Å². The van der Waals surface area contributed by atoms with Gasteiger partial charge < -0.3 is 4.42 Å². The topological polar surface area (TPSA) is 43.1 Å². The third-order valence-corrected chi connectivity index (χ3v) is 4.89. The lowest BCUT2D eigenvalue weighted by Gasteiger charge is -1.99. The van der Waals surface area contributed by atoms with Gasteiger partial charge in [0.25, 0.3) is 0 Å². The fourth-order valence-corrected chi connectivity index (χ4v) is 3.65. The van der Waals surface area contributed by atoms with Crippen LogP contribution in [-0.4, -0.2) is 9.19 Å². The Morgan fingerprint density at radius 1 is 1.10 bits per heavy atom. The van der Waals surface area contributed by atoms with E-state index < -0.39 is 10.8 Å². The number of hydrogen-bond donors (Lipinski definition) is 0. The van der Waals surface area contributed by atoms with Crippen LogP contribution in [0.25, 0.3) is 10.8 Å². The molecule has 0 aliphatic carbocycles. The van der Waals surface area contributed by atoms with Gasteiger partial charge in [-0.15, -0.1) is 11.3 Å². The maximum absolute atomic E-state index is 12.1. The molecule has 0 spiro atoms. The second-order valence-electron chi connectivity index (χ2n) is 4.34. The van der Waals surface area contributed by atoms with Crippen molar-refractivity contribution in [2.45, 2.75) is 11.5 Å². The third-order valence-electron chi connectivity index (χ3n) is 2.76. The van der Waals surface area contributed by atoms with Crippen LogP contribution in [0.15, 0.2) is 58.5 Å². The molecule has 102 valence electrons. The maximum atomic E-state index is 12.1. The van der Waals surface area contributed by atoms with Gasteiger partial charge in [0.15, 0.2) is 0 Å². The first-order valence-corrected chi connectivity index (χ1v) is 8.55. The quantitative estimate of drug-likeness (QED) is 0.719. The van der Waals surface area contributed by atoms with Gasteiger partial charge in [0.1, 0.15) is 6.26 Å². The van der Waals surface area contributed by atoms with E-state index in [0.717, 1.165) is 16.1 Å². The van der Waals surface area contributed by atoms with Crippen molar-refractivity contribution < 1.29 is 8.63 Å². The molecule has 5 heteroatoms. The largest absolute Gasteiger partial charge is 0.444 e. The van der Waals surface area contributed by atoms with Gasteiger partial charge in [-0.1, -0.05) is 36.4 Å². The lowest BCUT2D eigenvalue weighted by atomic mass is 10.2. The summed E-state index contributed by atoms with van der Waals surface area (Å²) in [5.41, 5.74) is 1.82. The summed E-state index contributed by atoms with van der Waals surface area (Å²) in [5.74, 6) is 1.57. The number of rotatable bonds is 5. The normalized spacial score (nSPS) is 12.4. The first-order valence-electron chi connectivity index (χ1n) is 6.18. The predicted molar refractivity (Wildman–Crippen MR) is 81.8 cm³/mol. The van der Waals surface area contributed by atoms with Crippen molar-refractivity contribution in [1.82, 2.24) is 4.98 Å². The van der Waals surface area contributed by atoms with Crippen molar-refractivity contribution in [1.29, 1.82) is 0 Å². The standard InChI is InChI=1S/C15H13NO2S2/c17-20(10-12-5-2-1-3-6-12)11-13-9-18-15(16-13)14-7-4-8-19-14/h1-9H,10-11H2. The van der Waals surface area contributed by atoms with Gasteiger partial charge in [0, 0.05) is 16.6 Å². The fraction of sp³-hybridized carbons (Fsp3) is 0.133. The molecule has 0 saturated carbocycles. The Kier molecular flexibility index (Phi) is 4.08. The molecule has 0 fully saturated rings. The van der Waals surface area contributed by atoms with Crippen LogP contribution in [-0.2, 0) is 22.3 Å². The van der Waals surface area contributed by atoms with Gasteiger partial charge in [0.05, 0.1) is 16.3 Å². The van der Waals surface area contributed by atoms with Gasteiger partial charge in [-0.05, 0) is 17.0 Å². The molecule has 0 radical (unpaired) electrons. The van der Waals surface area contributed by atoms with Gasteiger partial charge in [-0.3, -0.25) is 4.21 Å². The monoisotopic (exact) mass is 303 g/mol. The molecule has 0 saturated heterocycles. The molecule has 0 aliphatic rings. The Balaban J connectivity index is 1.65. The Morgan fingerprint density at radius 2 is 1.95 bits per heavy atom. The fourth-order valence-electron chi connectivity index (χ4n) is 1.86. The van der Waals surface area contributed by atoms with Gasteiger partial charge in [-0.25, -0.2) is 4.98 Å². The number of aromatic nitrogens is 1. The average molecular weight is 303 g/mol. The minimum atomic E-state index is -0.975. The Labute approximate surface area is 123 Å². The van der Waals surface area contributed by atoms with E-state index in [0.29, 0.717) is 17.4 Å². The van der Waals surface area contributed by atoms with Crippen LogP contribution in [0.4, 0.5) is 0 Å². The molecular weight excluding hydrogens is 290 g/mol. The lowest BCUT2D eigenvalue weighted by Crippen LogP contribution is -1.99. The number of hydrogen-bond acceptors (Lipinski definition) is 4. The highest BCUT2D eigenvalue weighted by atomic mass is 32.2. The summed E-state index contributed by atoms with van der Waals surface area (Å²) in [5, 5.41) is 1.98. The molecule has 20 heavy (non-hydrogen) atoms. The molecule has 3 rings (SSSR count). The molecule has 2 heterocycles. The first-order chi connectivity index (χ1) is 9.81. The number of thiophene rings is 1. The van der Waals surface area contributed by atoms with E-state index in [1.807, 2.05) is 47.8 Å². The molecule has 2 aromatic heterocycles. The summed E-state index contributed by atoms with van der Waals surface area (Å²) in [6, 6.07) is 13.8. The van der Waals surface area contributed by atoms with E-state index in [-0.39, 0.29) is 0 Å². The van der Waals surface area contributed by atoms with Crippen LogP contribution in [0, 0.1) is 0 Å². The second-order valence-corrected chi connectivity index (χ2v) is 6.74. The highest BCUT2D eigenvalue weighted by Gasteiger charge is 2.10. The number of benzene rings is 1. The van der Waals surface area contributed by atoms with E-state index in [2.05, 4.69) is 4.98 Å². The van der Waals surface area contributed by atoms with Crippen molar-refractivity contribution in [2.75, 3.05) is 0 Å². The maximum Gasteiger partial charge on any atom is 0.236 e. The summed E-state index contributed by atoms with van der Waals surface area (Å²) in [6.45, 7) is 0. The SMILES string of the molecule is O=S(Cc1ccccc1)Cc1coc(-c2cccs2)n1. The highest BCUT2D eigenvalue weighted by Crippen LogP contribution is 2.24. The van der Waals surface area contributed by atoms with Crippen LogP contribution in [0.1, 0.15) is 11.3 Å². The summed E-state index contributed by atoms with van der Waals surface area (Å²) >= 11 is 1.58. The lowest BCUT2D eigenvalue weighted by molar-refractivity contribution is 0.574. The zero-order valence-corrected chi connectivity index (χ0v) is 12.3. The third kappa shape index (κ3) is 3.23. The summed E-state index contributed by atoms with van der Waals surface area (Å²) in [6.07, 6.45) is 1.60. The predicted octanol–water partition coefficient (Wildman–Crippen LogP) is 3.85. The van der Waals surface area contributed by atoms with Crippen molar-refractivity contribution in [2.24, 2.45) is 0 Å². The van der Waals surface area contributed by atoms with E-state index in [9.17, 15) is 4.21 Å². The van der Waals surface area contributed by atoms with Crippen molar-refractivity contribution >= 4 is 22.1 Å². The summed E-state index contributed by atoms with van der Waals surface area (Å²) in [4.78, 5) is 5.38. The summed E-state index contributed by atoms with van der Waals surface area (Å²) in [7, 11) is -0.975. The van der Waals surface area contributed by atoms with Crippen LogP contribution in [0.2, 0.25) is 0 Å². The molecule has 1 unspecified atom stereocenters. The molecule has 0 N–H and O–H groups in total. The molecule has 1 atom stereocenters. The average Bonchev–Trinajstić information content (AvgIpc) is 3.10. The van der Waals surface area contributed by atoms with Gasteiger partial charge in [-0.2, -0.15) is 0 Å². The van der Waals surface area contributed by atoms with Crippen molar-refractivity contribution in [3.8, 4) is 10.8 Å². The van der Waals surface area contributed by atoms with Gasteiger partial charge in [0.2, 0.25) is 5.89 Å². The van der Waals surface area contributed by atoms with E-state index in [1.54, 1.807) is 17.6 Å². The number of nitrogens with zero attached hydrogens (tertiary/aromatic N) is 1.